The second kappa shape index (κ2) is 7.14. The average molecular weight is 270 g/mol. The summed E-state index contributed by atoms with van der Waals surface area (Å²) in [6, 6.07) is 0.453. The van der Waals surface area contributed by atoms with Gasteiger partial charge in [-0.05, 0) is 13.5 Å². The Morgan fingerprint density at radius 1 is 1.44 bits per heavy atom. The summed E-state index contributed by atoms with van der Waals surface area (Å²) >= 11 is 1.99. The van der Waals surface area contributed by atoms with E-state index < -0.39 is 0 Å². The first kappa shape index (κ1) is 15.5. The number of aromatic nitrogens is 3. The second-order valence-corrected chi connectivity index (χ2v) is 7.36. The van der Waals surface area contributed by atoms with E-state index in [-0.39, 0.29) is 0 Å². The fourth-order valence-electron chi connectivity index (χ4n) is 1.66. The van der Waals surface area contributed by atoms with E-state index in [1.54, 1.807) is 6.33 Å². The van der Waals surface area contributed by atoms with Crippen LogP contribution in [0.3, 0.4) is 0 Å². The summed E-state index contributed by atoms with van der Waals surface area (Å²) in [5.74, 6) is 2.18. The molecule has 0 aliphatic heterocycles. The molecule has 4 nitrogen and oxygen atoms in total. The van der Waals surface area contributed by atoms with Crippen LogP contribution in [-0.4, -0.2) is 38.4 Å². The molecule has 1 aromatic heterocycles. The number of thioether (sulfide) groups is 1. The van der Waals surface area contributed by atoms with Crippen molar-refractivity contribution in [3.05, 3.63) is 12.2 Å². The lowest BCUT2D eigenvalue weighted by atomic mass is 10.2. The van der Waals surface area contributed by atoms with Crippen molar-refractivity contribution in [2.75, 3.05) is 12.8 Å². The quantitative estimate of drug-likeness (QED) is 0.826. The minimum atomic E-state index is 0.312. The SMILES string of the molecule is CCCn1ncnc1CC(CSC(C)(C)C)NC. The van der Waals surface area contributed by atoms with Crippen LogP contribution in [-0.2, 0) is 13.0 Å². The third-order valence-corrected chi connectivity index (χ3v) is 4.12. The first-order chi connectivity index (χ1) is 8.46. The first-order valence-electron chi connectivity index (χ1n) is 6.64. The lowest BCUT2D eigenvalue weighted by Gasteiger charge is -2.22. The highest BCUT2D eigenvalue weighted by Crippen LogP contribution is 2.24. The molecule has 0 aliphatic carbocycles. The third-order valence-electron chi connectivity index (χ3n) is 2.69. The Hall–Kier alpha value is -0.550. The predicted molar refractivity (Wildman–Crippen MR) is 79.1 cm³/mol. The minimum absolute atomic E-state index is 0.312. The minimum Gasteiger partial charge on any atom is -0.316 e. The van der Waals surface area contributed by atoms with Crippen molar-refractivity contribution < 1.29 is 0 Å². The molecule has 18 heavy (non-hydrogen) atoms. The van der Waals surface area contributed by atoms with E-state index in [9.17, 15) is 0 Å². The number of hydrogen-bond donors (Lipinski definition) is 1. The fourth-order valence-corrected chi connectivity index (χ4v) is 2.65. The number of nitrogens with zero attached hydrogens (tertiary/aromatic N) is 3. The highest BCUT2D eigenvalue weighted by atomic mass is 32.2. The van der Waals surface area contributed by atoms with Gasteiger partial charge in [0, 0.05) is 29.5 Å². The van der Waals surface area contributed by atoms with E-state index in [1.807, 2.05) is 23.5 Å². The normalized spacial score (nSPS) is 13.8. The van der Waals surface area contributed by atoms with E-state index in [2.05, 4.69) is 43.1 Å². The topological polar surface area (TPSA) is 42.7 Å². The maximum Gasteiger partial charge on any atom is 0.138 e. The van der Waals surface area contributed by atoms with Gasteiger partial charge in [0.05, 0.1) is 0 Å². The van der Waals surface area contributed by atoms with Gasteiger partial charge >= 0.3 is 0 Å². The van der Waals surface area contributed by atoms with Gasteiger partial charge in [0.25, 0.3) is 0 Å². The number of rotatable bonds is 7. The van der Waals surface area contributed by atoms with Crippen LogP contribution in [0.2, 0.25) is 0 Å². The summed E-state index contributed by atoms with van der Waals surface area (Å²) in [6.07, 6.45) is 3.70. The zero-order valence-electron chi connectivity index (χ0n) is 12.2. The summed E-state index contributed by atoms with van der Waals surface area (Å²) in [5.41, 5.74) is 0. The molecular formula is C13H26N4S. The van der Waals surface area contributed by atoms with E-state index >= 15 is 0 Å². The van der Waals surface area contributed by atoms with Gasteiger partial charge in [0.1, 0.15) is 12.2 Å². The Bertz CT molecular complexity index is 343. The van der Waals surface area contributed by atoms with Gasteiger partial charge in [-0.25, -0.2) is 4.98 Å². The van der Waals surface area contributed by atoms with Gasteiger partial charge in [-0.2, -0.15) is 16.9 Å². The van der Waals surface area contributed by atoms with Gasteiger partial charge in [-0.3, -0.25) is 4.68 Å². The lowest BCUT2D eigenvalue weighted by Crippen LogP contribution is -2.32. The van der Waals surface area contributed by atoms with Crippen LogP contribution >= 0.6 is 11.8 Å². The maximum absolute atomic E-state index is 4.37. The Morgan fingerprint density at radius 3 is 2.72 bits per heavy atom. The van der Waals surface area contributed by atoms with Gasteiger partial charge in [-0.1, -0.05) is 27.7 Å². The van der Waals surface area contributed by atoms with Crippen LogP contribution < -0.4 is 5.32 Å². The van der Waals surface area contributed by atoms with Gasteiger partial charge in [0.2, 0.25) is 0 Å². The molecular weight excluding hydrogens is 244 g/mol. The molecule has 0 aromatic carbocycles. The molecule has 1 heterocycles. The second-order valence-electron chi connectivity index (χ2n) is 5.51. The summed E-state index contributed by atoms with van der Waals surface area (Å²) in [5, 5.41) is 7.65. The number of hydrogen-bond acceptors (Lipinski definition) is 4. The molecule has 1 atom stereocenters. The standard InChI is InChI=1S/C13H26N4S/c1-6-7-17-12(15-10-16-17)8-11(14-5)9-18-13(2,3)4/h10-11,14H,6-9H2,1-5H3. The summed E-state index contributed by atoms with van der Waals surface area (Å²) in [7, 11) is 2.02. The molecule has 1 rings (SSSR count). The summed E-state index contributed by atoms with van der Waals surface area (Å²) in [4.78, 5) is 4.37. The van der Waals surface area contributed by atoms with E-state index in [1.165, 1.54) is 0 Å². The highest BCUT2D eigenvalue weighted by molar-refractivity contribution is 8.00. The molecule has 0 amide bonds. The van der Waals surface area contributed by atoms with Crippen molar-refractivity contribution in [3.8, 4) is 0 Å². The molecule has 104 valence electrons. The summed E-state index contributed by atoms with van der Waals surface area (Å²) < 4.78 is 2.33. The molecule has 5 heteroatoms. The van der Waals surface area contributed by atoms with Gasteiger partial charge in [-0.15, -0.1) is 0 Å². The maximum atomic E-state index is 4.37. The highest BCUT2D eigenvalue weighted by Gasteiger charge is 2.17. The molecule has 0 bridgehead atoms. The average Bonchev–Trinajstić information content (AvgIpc) is 2.71. The van der Waals surface area contributed by atoms with Gasteiger partial charge in [0.15, 0.2) is 0 Å². The van der Waals surface area contributed by atoms with Crippen LogP contribution in [0.4, 0.5) is 0 Å². The molecule has 0 saturated heterocycles. The first-order valence-corrected chi connectivity index (χ1v) is 7.62. The number of nitrogens with one attached hydrogen (secondary N) is 1. The monoisotopic (exact) mass is 270 g/mol. The molecule has 0 radical (unpaired) electrons. The molecule has 0 aliphatic rings. The Kier molecular flexibility index (Phi) is 6.15. The van der Waals surface area contributed by atoms with Crippen molar-refractivity contribution >= 4 is 11.8 Å². The van der Waals surface area contributed by atoms with Crippen molar-refractivity contribution in [1.29, 1.82) is 0 Å². The lowest BCUT2D eigenvalue weighted by molar-refractivity contribution is 0.527. The van der Waals surface area contributed by atoms with Crippen molar-refractivity contribution in [3.63, 3.8) is 0 Å². The van der Waals surface area contributed by atoms with E-state index in [0.29, 0.717) is 10.8 Å². The van der Waals surface area contributed by atoms with E-state index in [4.69, 9.17) is 0 Å². The zero-order valence-corrected chi connectivity index (χ0v) is 13.0. The van der Waals surface area contributed by atoms with Gasteiger partial charge < -0.3 is 5.32 Å². The van der Waals surface area contributed by atoms with Crippen molar-refractivity contribution in [1.82, 2.24) is 20.1 Å². The smallest absolute Gasteiger partial charge is 0.138 e. The van der Waals surface area contributed by atoms with E-state index in [0.717, 1.165) is 31.0 Å². The summed E-state index contributed by atoms with van der Waals surface area (Å²) in [6.45, 7) is 9.88. The Labute approximate surface area is 115 Å². The van der Waals surface area contributed by atoms with Crippen LogP contribution in [0, 0.1) is 0 Å². The molecule has 1 aromatic rings. The van der Waals surface area contributed by atoms with Crippen LogP contribution in [0.15, 0.2) is 6.33 Å². The zero-order chi connectivity index (χ0) is 13.6. The molecule has 1 unspecified atom stereocenters. The Balaban J connectivity index is 2.54. The molecule has 0 fully saturated rings. The molecule has 0 saturated carbocycles. The van der Waals surface area contributed by atoms with Crippen LogP contribution in [0.5, 0.6) is 0 Å². The van der Waals surface area contributed by atoms with Crippen LogP contribution in [0.1, 0.15) is 39.9 Å². The third kappa shape index (κ3) is 5.40. The van der Waals surface area contributed by atoms with Crippen molar-refractivity contribution in [2.24, 2.45) is 0 Å². The number of aryl methyl sites for hydroxylation is 1. The fraction of sp³-hybridized carbons (Fsp3) is 0.846. The molecule has 1 N–H and O–H groups in total. The predicted octanol–water partition coefficient (Wildman–Crippen LogP) is 2.35. The Morgan fingerprint density at radius 2 is 2.17 bits per heavy atom. The number of likely N-dealkylation sites (N-methyl/N-ethyl adjacent to an activating group) is 1. The van der Waals surface area contributed by atoms with Crippen LogP contribution in [0.25, 0.3) is 0 Å². The largest absolute Gasteiger partial charge is 0.316 e. The molecule has 0 spiro atoms. The van der Waals surface area contributed by atoms with Crippen molar-refractivity contribution in [2.45, 2.75) is 57.9 Å².